The topological polar surface area (TPSA) is 165 Å². The molecule has 0 unspecified atom stereocenters. The SMILES string of the molecule is CO[C@@H]1C[C@H](O[C@@H]2CC[C@]3(/C=N\NC(N)=S)[C@H]4CC[C@]5(C)[C@H](C6=CC(=O)OC6)CC[C@]5(O)[C@@H]4CC[C@]3(O)C2)O[C@@H](C)[C@@H]1O. The number of carbonyl (C=O) groups is 1. The first-order chi connectivity index (χ1) is 20.4. The monoisotopic (exact) mass is 621 g/mol. The van der Waals surface area contributed by atoms with Crippen molar-refractivity contribution >= 4 is 29.5 Å². The van der Waals surface area contributed by atoms with Crippen LogP contribution in [0.1, 0.15) is 78.1 Å². The van der Waals surface area contributed by atoms with Crippen LogP contribution in [-0.4, -0.2) is 88.2 Å². The lowest BCUT2D eigenvalue weighted by Gasteiger charge is -2.66. The van der Waals surface area contributed by atoms with Gasteiger partial charge < -0.3 is 40.0 Å². The fraction of sp³-hybridized carbons (Fsp3) is 0.839. The number of nitrogens with zero attached hydrogens (tertiary/aromatic N) is 1. The van der Waals surface area contributed by atoms with Gasteiger partial charge in [0.05, 0.1) is 29.5 Å². The number of aliphatic hydroxyl groups excluding tert-OH is 1. The number of nitrogens with one attached hydrogen (secondary N) is 1. The van der Waals surface area contributed by atoms with Crippen molar-refractivity contribution in [3.8, 4) is 0 Å². The van der Waals surface area contributed by atoms with Crippen molar-refractivity contribution in [1.29, 1.82) is 0 Å². The van der Waals surface area contributed by atoms with Crippen LogP contribution in [0.3, 0.4) is 0 Å². The predicted molar refractivity (Wildman–Crippen MR) is 161 cm³/mol. The summed E-state index contributed by atoms with van der Waals surface area (Å²) < 4.78 is 23.1. The lowest BCUT2D eigenvalue weighted by atomic mass is 9.41. The van der Waals surface area contributed by atoms with Gasteiger partial charge in [-0.05, 0) is 93.8 Å². The van der Waals surface area contributed by atoms with Gasteiger partial charge in [0.15, 0.2) is 11.4 Å². The van der Waals surface area contributed by atoms with Gasteiger partial charge in [-0.15, -0.1) is 0 Å². The maximum absolute atomic E-state index is 12.6. The fourth-order valence-corrected chi connectivity index (χ4v) is 10.3. The van der Waals surface area contributed by atoms with Crippen LogP contribution in [0.5, 0.6) is 0 Å². The molecule has 0 aromatic carbocycles. The molecular formula is C31H47N3O8S. The molecular weight excluding hydrogens is 574 g/mol. The molecule has 12 heteroatoms. The van der Waals surface area contributed by atoms with Crippen LogP contribution in [0, 0.1) is 28.6 Å². The Bertz CT molecular complexity index is 1190. The number of ether oxygens (including phenoxy) is 4. The van der Waals surface area contributed by atoms with E-state index in [0.29, 0.717) is 51.6 Å². The number of carbonyl (C=O) groups excluding carboxylic acids is 1. The Hall–Kier alpha value is -1.67. The second kappa shape index (κ2) is 11.3. The Morgan fingerprint density at radius 1 is 1.19 bits per heavy atom. The van der Waals surface area contributed by atoms with E-state index in [4.69, 9.17) is 36.9 Å². The van der Waals surface area contributed by atoms with E-state index in [-0.39, 0.29) is 41.0 Å². The molecule has 6 aliphatic rings. The van der Waals surface area contributed by atoms with Crippen LogP contribution in [0.25, 0.3) is 0 Å². The Kier molecular flexibility index (Phi) is 8.22. The molecule has 43 heavy (non-hydrogen) atoms. The van der Waals surface area contributed by atoms with Crippen molar-refractivity contribution in [2.75, 3.05) is 13.7 Å². The van der Waals surface area contributed by atoms with E-state index in [1.54, 1.807) is 13.2 Å². The normalized spacial score (nSPS) is 49.5. The highest BCUT2D eigenvalue weighted by Crippen LogP contribution is 2.70. The number of nitrogens with two attached hydrogens (primary N) is 1. The third-order valence-electron chi connectivity index (χ3n) is 12.4. The molecule has 0 radical (unpaired) electrons. The summed E-state index contributed by atoms with van der Waals surface area (Å²) in [5.74, 6) is -0.277. The molecule has 2 heterocycles. The predicted octanol–water partition coefficient (Wildman–Crippen LogP) is 2.05. The lowest BCUT2D eigenvalue weighted by molar-refractivity contribution is -0.284. The van der Waals surface area contributed by atoms with E-state index >= 15 is 0 Å². The highest BCUT2D eigenvalue weighted by Gasteiger charge is 2.71. The summed E-state index contributed by atoms with van der Waals surface area (Å²) >= 11 is 5.01. The summed E-state index contributed by atoms with van der Waals surface area (Å²) in [6, 6.07) is 0. The van der Waals surface area contributed by atoms with Gasteiger partial charge in [0, 0.05) is 43.1 Å². The van der Waals surface area contributed by atoms with Crippen molar-refractivity contribution in [1.82, 2.24) is 5.43 Å². The summed E-state index contributed by atoms with van der Waals surface area (Å²) in [4.78, 5) is 11.9. The van der Waals surface area contributed by atoms with E-state index < -0.39 is 40.5 Å². The fourth-order valence-electron chi connectivity index (χ4n) is 10.2. The molecule has 0 aromatic heterocycles. The van der Waals surface area contributed by atoms with Crippen molar-refractivity contribution in [2.24, 2.45) is 39.4 Å². The maximum Gasteiger partial charge on any atom is 0.331 e. The van der Waals surface area contributed by atoms with Crippen LogP contribution in [0.2, 0.25) is 0 Å². The minimum absolute atomic E-state index is 0.0182. The number of thiocarbonyl (C=S) groups is 1. The van der Waals surface area contributed by atoms with Gasteiger partial charge in [0.1, 0.15) is 12.7 Å². The summed E-state index contributed by atoms with van der Waals surface area (Å²) in [5.41, 5.74) is 6.21. The lowest BCUT2D eigenvalue weighted by Crippen LogP contribution is -2.69. The second-order valence-electron chi connectivity index (χ2n) is 14.1. The van der Waals surface area contributed by atoms with Crippen LogP contribution in [0.4, 0.5) is 0 Å². The van der Waals surface area contributed by atoms with Gasteiger partial charge in [-0.3, -0.25) is 5.43 Å². The van der Waals surface area contributed by atoms with Crippen LogP contribution in [0.15, 0.2) is 16.8 Å². The summed E-state index contributed by atoms with van der Waals surface area (Å²) in [6.45, 7) is 4.29. The molecule has 0 bridgehead atoms. The molecule has 4 aliphatic carbocycles. The van der Waals surface area contributed by atoms with Gasteiger partial charge in [0.25, 0.3) is 0 Å². The quantitative estimate of drug-likeness (QED) is 0.0969. The van der Waals surface area contributed by atoms with Crippen LogP contribution >= 0.6 is 12.2 Å². The number of fused-ring (bicyclic) bond motifs is 5. The molecule has 12 atom stereocenters. The molecule has 0 amide bonds. The van der Waals surface area contributed by atoms with Gasteiger partial charge >= 0.3 is 5.97 Å². The number of hydrogen-bond donors (Lipinski definition) is 5. The van der Waals surface area contributed by atoms with Crippen molar-refractivity contribution in [2.45, 2.75) is 120 Å². The highest BCUT2D eigenvalue weighted by atomic mass is 32.1. The van der Waals surface area contributed by atoms with Crippen LogP contribution < -0.4 is 11.2 Å². The number of cyclic esters (lactones) is 1. The third-order valence-corrected chi connectivity index (χ3v) is 12.5. The van der Waals surface area contributed by atoms with Crippen LogP contribution in [-0.2, 0) is 23.7 Å². The van der Waals surface area contributed by atoms with Crippen molar-refractivity contribution in [3.05, 3.63) is 11.6 Å². The summed E-state index contributed by atoms with van der Waals surface area (Å²) in [5, 5.41) is 40.1. The zero-order valence-electron chi connectivity index (χ0n) is 25.4. The Balaban J connectivity index is 1.27. The standard InChI is InChI=1S/C31H47N3O8S/c1-17-26(36)23(39-3)13-25(41-17)42-19-4-9-29(16-33-34-27(32)43)21-5-8-28(2)20(18-12-24(35)40-15-18)7-11-31(28,38)22(21)6-10-30(29,37)14-19/h12,16-17,19-23,25-26,36-38H,4-11,13-15H2,1-3H3,(H3,32,34,43)/b33-16-/t17-,19+,20-,21-,22+,23+,25-,26-,28+,29-,30-,31-/m0/s1. The molecule has 2 aliphatic heterocycles. The largest absolute Gasteiger partial charge is 0.458 e. The first-order valence-electron chi connectivity index (χ1n) is 15.8. The zero-order valence-corrected chi connectivity index (χ0v) is 26.2. The Labute approximate surface area is 258 Å². The van der Waals surface area contributed by atoms with Crippen molar-refractivity contribution < 1.29 is 39.1 Å². The number of methoxy groups -OCH3 is 1. The number of aliphatic hydroxyl groups is 3. The van der Waals surface area contributed by atoms with Gasteiger partial charge in [-0.25, -0.2) is 4.79 Å². The minimum atomic E-state index is -1.13. The number of rotatable bonds is 6. The van der Waals surface area contributed by atoms with E-state index in [0.717, 1.165) is 24.8 Å². The van der Waals surface area contributed by atoms with E-state index in [9.17, 15) is 20.1 Å². The van der Waals surface area contributed by atoms with Gasteiger partial charge in [0.2, 0.25) is 0 Å². The summed E-state index contributed by atoms with van der Waals surface area (Å²) in [7, 11) is 1.58. The molecule has 0 spiro atoms. The minimum Gasteiger partial charge on any atom is -0.458 e. The second-order valence-corrected chi connectivity index (χ2v) is 14.6. The molecule has 4 saturated carbocycles. The molecule has 11 nitrogen and oxygen atoms in total. The van der Waals surface area contributed by atoms with E-state index in [1.807, 2.05) is 13.1 Å². The Morgan fingerprint density at radius 3 is 2.65 bits per heavy atom. The number of hydrazone groups is 1. The average molecular weight is 622 g/mol. The Morgan fingerprint density at radius 2 is 1.95 bits per heavy atom. The molecule has 6 rings (SSSR count). The summed E-state index contributed by atoms with van der Waals surface area (Å²) in [6.07, 6.45) is 7.39. The molecule has 240 valence electrons. The van der Waals surface area contributed by atoms with E-state index in [1.165, 1.54) is 0 Å². The molecule has 1 saturated heterocycles. The average Bonchev–Trinajstić information content (AvgIpc) is 3.50. The molecule has 5 fully saturated rings. The van der Waals surface area contributed by atoms with Gasteiger partial charge in [-0.1, -0.05) is 6.92 Å². The van der Waals surface area contributed by atoms with E-state index in [2.05, 4.69) is 17.5 Å². The maximum atomic E-state index is 12.6. The first-order valence-corrected chi connectivity index (χ1v) is 16.2. The zero-order chi connectivity index (χ0) is 30.8. The van der Waals surface area contributed by atoms with Crippen molar-refractivity contribution in [3.63, 3.8) is 0 Å². The first kappa shape index (κ1) is 31.3. The third kappa shape index (κ3) is 4.96. The molecule has 0 aromatic rings. The number of esters is 1. The molecule has 6 N–H and O–H groups in total. The number of hydrogen-bond acceptors (Lipinski definition) is 10. The smallest absolute Gasteiger partial charge is 0.331 e. The van der Waals surface area contributed by atoms with Gasteiger partial charge in [-0.2, -0.15) is 5.10 Å². The highest BCUT2D eigenvalue weighted by molar-refractivity contribution is 7.80.